The van der Waals surface area contributed by atoms with Gasteiger partial charge in [0.05, 0.1) is 13.0 Å². The zero-order chi connectivity index (χ0) is 8.55. The van der Waals surface area contributed by atoms with Gasteiger partial charge in [-0.3, -0.25) is 4.79 Å². The normalized spacial score (nSPS) is 39.6. The zero-order valence-electron chi connectivity index (χ0n) is 7.38. The van der Waals surface area contributed by atoms with E-state index < -0.39 is 0 Å². The summed E-state index contributed by atoms with van der Waals surface area (Å²) in [5.74, 6) is 0.141. The van der Waals surface area contributed by atoms with Crippen LogP contribution in [0.3, 0.4) is 0 Å². The molecule has 2 bridgehead atoms. The van der Waals surface area contributed by atoms with E-state index in [0.29, 0.717) is 12.1 Å². The Hall–Kier alpha value is -0.570. The molecule has 1 N–H and O–H groups in total. The topological polar surface area (TPSA) is 38.3 Å². The third-order valence-electron chi connectivity index (χ3n) is 3.01. The fraction of sp³-hybridized carbons (Fsp3) is 0.889. The van der Waals surface area contributed by atoms with E-state index in [-0.39, 0.29) is 11.9 Å². The Morgan fingerprint density at radius 2 is 1.92 bits per heavy atom. The van der Waals surface area contributed by atoms with E-state index in [0.717, 1.165) is 12.8 Å². The number of carbonyl (C=O) groups excluding carboxylic acids is 1. The fourth-order valence-corrected chi connectivity index (χ4v) is 2.42. The van der Waals surface area contributed by atoms with Crippen molar-refractivity contribution in [1.82, 2.24) is 5.32 Å². The molecule has 0 aromatic carbocycles. The van der Waals surface area contributed by atoms with Crippen molar-refractivity contribution in [3.05, 3.63) is 0 Å². The van der Waals surface area contributed by atoms with Crippen molar-refractivity contribution in [2.45, 2.75) is 37.8 Å². The Morgan fingerprint density at radius 1 is 1.33 bits per heavy atom. The first-order valence-corrected chi connectivity index (χ1v) is 4.63. The Morgan fingerprint density at radius 3 is 2.42 bits per heavy atom. The van der Waals surface area contributed by atoms with Crippen LogP contribution in [0.25, 0.3) is 0 Å². The minimum absolute atomic E-state index is 0.0200. The molecule has 0 amide bonds. The van der Waals surface area contributed by atoms with Crippen molar-refractivity contribution in [3.8, 4) is 0 Å². The molecule has 3 nitrogen and oxygen atoms in total. The first kappa shape index (κ1) is 8.05. The van der Waals surface area contributed by atoms with Crippen molar-refractivity contribution in [1.29, 1.82) is 0 Å². The van der Waals surface area contributed by atoms with Gasteiger partial charge in [-0.15, -0.1) is 0 Å². The molecule has 2 aliphatic heterocycles. The lowest BCUT2D eigenvalue weighted by molar-refractivity contribution is -0.146. The minimum atomic E-state index is -0.0200. The lowest BCUT2D eigenvalue weighted by Crippen LogP contribution is -2.40. The monoisotopic (exact) mass is 169 g/mol. The maximum atomic E-state index is 11.2. The average molecular weight is 169 g/mol. The van der Waals surface area contributed by atoms with Crippen molar-refractivity contribution in [3.63, 3.8) is 0 Å². The van der Waals surface area contributed by atoms with Crippen LogP contribution in [0, 0.1) is 5.92 Å². The lowest BCUT2D eigenvalue weighted by Gasteiger charge is -2.26. The van der Waals surface area contributed by atoms with Gasteiger partial charge in [0.2, 0.25) is 0 Å². The van der Waals surface area contributed by atoms with E-state index in [1.54, 1.807) is 0 Å². The van der Waals surface area contributed by atoms with Gasteiger partial charge in [0.25, 0.3) is 0 Å². The fourth-order valence-electron chi connectivity index (χ4n) is 2.42. The first-order valence-electron chi connectivity index (χ1n) is 4.63. The molecular weight excluding hydrogens is 154 g/mol. The highest BCUT2D eigenvalue weighted by atomic mass is 16.5. The number of hydrogen-bond donors (Lipinski definition) is 1. The van der Waals surface area contributed by atoms with Crippen LogP contribution in [0.2, 0.25) is 0 Å². The molecule has 0 aromatic rings. The standard InChI is InChI=1S/C9H15NO2/c1-12-9(11)6-4-7-2-3-8(5-6)10-7/h6-8,10H,2-5H2,1H3/t7-,8-/m1/s1. The molecule has 2 rings (SSSR count). The molecule has 0 aromatic heterocycles. The third-order valence-corrected chi connectivity index (χ3v) is 3.01. The Kier molecular flexibility index (Phi) is 2.05. The van der Waals surface area contributed by atoms with Gasteiger partial charge < -0.3 is 10.1 Å². The second kappa shape index (κ2) is 3.05. The highest BCUT2D eigenvalue weighted by Crippen LogP contribution is 2.31. The summed E-state index contributed by atoms with van der Waals surface area (Å²) in [6.45, 7) is 0. The highest BCUT2D eigenvalue weighted by molar-refractivity contribution is 5.72. The maximum Gasteiger partial charge on any atom is 0.308 e. The Balaban J connectivity index is 1.98. The number of hydrogen-bond acceptors (Lipinski definition) is 3. The summed E-state index contributed by atoms with van der Waals surface area (Å²) >= 11 is 0. The van der Waals surface area contributed by atoms with Crippen LogP contribution >= 0.6 is 0 Å². The molecule has 2 saturated heterocycles. The number of esters is 1. The lowest BCUT2D eigenvalue weighted by atomic mass is 9.93. The molecule has 0 unspecified atom stereocenters. The van der Waals surface area contributed by atoms with Gasteiger partial charge in [-0.1, -0.05) is 0 Å². The second-order valence-corrected chi connectivity index (χ2v) is 3.83. The van der Waals surface area contributed by atoms with E-state index >= 15 is 0 Å². The largest absolute Gasteiger partial charge is 0.469 e. The van der Waals surface area contributed by atoms with E-state index in [4.69, 9.17) is 4.74 Å². The summed E-state index contributed by atoms with van der Waals surface area (Å²) in [5.41, 5.74) is 0. The second-order valence-electron chi connectivity index (χ2n) is 3.83. The number of methoxy groups -OCH3 is 1. The predicted molar refractivity (Wildman–Crippen MR) is 44.7 cm³/mol. The summed E-state index contributed by atoms with van der Waals surface area (Å²) in [5, 5.41) is 3.49. The van der Waals surface area contributed by atoms with Crippen molar-refractivity contribution in [2.75, 3.05) is 7.11 Å². The van der Waals surface area contributed by atoms with E-state index in [9.17, 15) is 4.79 Å². The van der Waals surface area contributed by atoms with Gasteiger partial charge in [-0.25, -0.2) is 0 Å². The molecule has 2 heterocycles. The number of fused-ring (bicyclic) bond motifs is 2. The van der Waals surface area contributed by atoms with Crippen LogP contribution in [0.1, 0.15) is 25.7 Å². The van der Waals surface area contributed by atoms with Crippen molar-refractivity contribution < 1.29 is 9.53 Å². The number of carbonyl (C=O) groups is 1. The van der Waals surface area contributed by atoms with Crippen LogP contribution in [-0.2, 0) is 9.53 Å². The van der Waals surface area contributed by atoms with Crippen molar-refractivity contribution in [2.24, 2.45) is 5.92 Å². The van der Waals surface area contributed by atoms with Gasteiger partial charge in [-0.05, 0) is 25.7 Å². The molecule has 2 fully saturated rings. The summed E-state index contributed by atoms with van der Waals surface area (Å²) < 4.78 is 4.75. The summed E-state index contributed by atoms with van der Waals surface area (Å²) in [7, 11) is 1.48. The number of rotatable bonds is 1. The first-order chi connectivity index (χ1) is 5.79. The molecule has 0 spiro atoms. The smallest absolute Gasteiger partial charge is 0.308 e. The molecule has 0 saturated carbocycles. The molecule has 2 aliphatic rings. The molecule has 0 radical (unpaired) electrons. The predicted octanol–water partition coefficient (Wildman–Crippen LogP) is 0.690. The molecule has 3 heteroatoms. The van der Waals surface area contributed by atoms with E-state index in [2.05, 4.69) is 5.32 Å². The van der Waals surface area contributed by atoms with Gasteiger partial charge in [-0.2, -0.15) is 0 Å². The zero-order valence-corrected chi connectivity index (χ0v) is 7.38. The highest BCUT2D eigenvalue weighted by Gasteiger charge is 2.36. The van der Waals surface area contributed by atoms with Gasteiger partial charge >= 0.3 is 5.97 Å². The van der Waals surface area contributed by atoms with Gasteiger partial charge in [0.1, 0.15) is 0 Å². The summed E-state index contributed by atoms with van der Waals surface area (Å²) in [6, 6.07) is 1.15. The molecule has 68 valence electrons. The van der Waals surface area contributed by atoms with Crippen LogP contribution in [0.15, 0.2) is 0 Å². The third kappa shape index (κ3) is 1.33. The summed E-state index contributed by atoms with van der Waals surface area (Å²) in [4.78, 5) is 11.2. The number of ether oxygens (including phenoxy) is 1. The molecule has 2 atom stereocenters. The minimum Gasteiger partial charge on any atom is -0.469 e. The average Bonchev–Trinajstić information content (AvgIpc) is 2.44. The molecular formula is C9H15NO2. The summed E-state index contributed by atoms with van der Waals surface area (Å²) in [6.07, 6.45) is 4.42. The van der Waals surface area contributed by atoms with Crippen LogP contribution in [0.5, 0.6) is 0 Å². The Labute approximate surface area is 72.5 Å². The molecule has 0 aliphatic carbocycles. The van der Waals surface area contributed by atoms with Crippen LogP contribution in [0.4, 0.5) is 0 Å². The van der Waals surface area contributed by atoms with Gasteiger partial charge in [0.15, 0.2) is 0 Å². The van der Waals surface area contributed by atoms with Crippen LogP contribution in [-0.4, -0.2) is 25.2 Å². The number of nitrogens with one attached hydrogen (secondary N) is 1. The SMILES string of the molecule is COC(=O)C1C[C@H]2CC[C@H](C1)N2. The van der Waals surface area contributed by atoms with Crippen molar-refractivity contribution >= 4 is 5.97 Å². The van der Waals surface area contributed by atoms with Gasteiger partial charge in [0, 0.05) is 12.1 Å². The quantitative estimate of drug-likeness (QED) is 0.587. The van der Waals surface area contributed by atoms with E-state index in [1.165, 1.54) is 20.0 Å². The number of piperidine rings is 1. The maximum absolute atomic E-state index is 11.2. The van der Waals surface area contributed by atoms with E-state index in [1.807, 2.05) is 0 Å². The Bertz CT molecular complexity index is 181. The molecule has 12 heavy (non-hydrogen) atoms. The van der Waals surface area contributed by atoms with Crippen LogP contribution < -0.4 is 5.32 Å².